The summed E-state index contributed by atoms with van der Waals surface area (Å²) < 4.78 is 0. The number of Topliss-reactive ketones (excluding diaryl/α,β-unsaturated/α-hetero) is 2. The number of ketones is 2. The molecular formula is C19H27NO3. The average molecular weight is 317 g/mol. The number of hydrogen-bond donors (Lipinski definition) is 1. The third-order valence-electron chi connectivity index (χ3n) is 8.06. The number of fused-ring (bicyclic) bond motifs is 5. The van der Waals surface area contributed by atoms with E-state index in [1.807, 2.05) is 0 Å². The molecule has 0 amide bonds. The molecule has 4 rings (SSSR count). The number of rotatable bonds is 0. The van der Waals surface area contributed by atoms with Crippen molar-refractivity contribution >= 4 is 17.3 Å². The van der Waals surface area contributed by atoms with Crippen molar-refractivity contribution in [2.45, 2.75) is 65.2 Å². The average Bonchev–Trinajstić information content (AvgIpc) is 2.91. The van der Waals surface area contributed by atoms with Crippen LogP contribution in [0.4, 0.5) is 0 Å². The van der Waals surface area contributed by atoms with Gasteiger partial charge in [-0.25, -0.2) is 0 Å². The van der Waals surface area contributed by atoms with Crippen LogP contribution in [0.25, 0.3) is 0 Å². The van der Waals surface area contributed by atoms with E-state index in [4.69, 9.17) is 0 Å². The van der Waals surface area contributed by atoms with Crippen molar-refractivity contribution in [3.8, 4) is 0 Å². The second kappa shape index (κ2) is 4.90. The first-order valence-corrected chi connectivity index (χ1v) is 9.18. The van der Waals surface area contributed by atoms with Crippen LogP contribution in [0.2, 0.25) is 0 Å². The fourth-order valence-electron chi connectivity index (χ4n) is 6.69. The zero-order valence-electron chi connectivity index (χ0n) is 14.2. The minimum absolute atomic E-state index is 0.0107. The van der Waals surface area contributed by atoms with Gasteiger partial charge >= 0.3 is 0 Å². The molecule has 0 radical (unpaired) electrons. The van der Waals surface area contributed by atoms with Gasteiger partial charge in [-0.3, -0.25) is 9.59 Å². The van der Waals surface area contributed by atoms with Crippen LogP contribution in [-0.4, -0.2) is 22.5 Å². The van der Waals surface area contributed by atoms with Crippen LogP contribution in [0.3, 0.4) is 0 Å². The highest BCUT2D eigenvalue weighted by Crippen LogP contribution is 2.64. The molecular weight excluding hydrogens is 290 g/mol. The molecule has 4 fully saturated rings. The molecule has 0 unspecified atom stereocenters. The standard InChI is InChI=1S/C19H27NO3/c1-18-7-3-4-12(18)15-13(6-8-18)19(2)9-5-11(21)10-14(19)16(20-23)17(15)22/h12-15,23H,3-10H2,1-2H3/t12-,13-,14+,15-,18-,19+/m0/s1. The van der Waals surface area contributed by atoms with Gasteiger partial charge in [0.1, 0.15) is 11.5 Å². The van der Waals surface area contributed by atoms with Crippen LogP contribution in [0.15, 0.2) is 5.16 Å². The van der Waals surface area contributed by atoms with Gasteiger partial charge in [-0.05, 0) is 54.8 Å². The van der Waals surface area contributed by atoms with Gasteiger partial charge in [-0.2, -0.15) is 0 Å². The Balaban J connectivity index is 1.79. The van der Waals surface area contributed by atoms with Gasteiger partial charge in [0.2, 0.25) is 0 Å². The molecule has 0 aliphatic heterocycles. The van der Waals surface area contributed by atoms with E-state index in [1.54, 1.807) is 0 Å². The number of nitrogens with zero attached hydrogens (tertiary/aromatic N) is 1. The highest BCUT2D eigenvalue weighted by atomic mass is 16.4. The molecule has 0 aromatic heterocycles. The Morgan fingerprint density at radius 3 is 2.61 bits per heavy atom. The van der Waals surface area contributed by atoms with Crippen LogP contribution in [-0.2, 0) is 9.59 Å². The van der Waals surface area contributed by atoms with Crippen molar-refractivity contribution in [1.29, 1.82) is 0 Å². The predicted molar refractivity (Wildman–Crippen MR) is 86.3 cm³/mol. The normalized spacial score (nSPS) is 51.3. The molecule has 0 heterocycles. The molecule has 4 heteroatoms. The molecule has 23 heavy (non-hydrogen) atoms. The van der Waals surface area contributed by atoms with Gasteiger partial charge in [0, 0.05) is 24.7 Å². The maximum absolute atomic E-state index is 13.2. The number of oxime groups is 1. The maximum atomic E-state index is 13.2. The maximum Gasteiger partial charge on any atom is 0.184 e. The van der Waals surface area contributed by atoms with Crippen molar-refractivity contribution in [3.05, 3.63) is 0 Å². The first-order valence-electron chi connectivity index (χ1n) is 9.18. The van der Waals surface area contributed by atoms with Gasteiger partial charge in [0.25, 0.3) is 0 Å². The SMILES string of the molecule is C[C@@]12CCC[C@H]1[C@@H]1C(=O)C(=NO)[C@H]3CC(=O)CC[C@]3(C)[C@H]1CC2. The molecule has 0 spiro atoms. The Hall–Kier alpha value is -1.19. The van der Waals surface area contributed by atoms with Gasteiger partial charge in [-0.1, -0.05) is 25.4 Å². The summed E-state index contributed by atoms with van der Waals surface area (Å²) >= 11 is 0. The minimum atomic E-state index is -0.173. The van der Waals surface area contributed by atoms with Crippen molar-refractivity contribution in [2.75, 3.05) is 0 Å². The molecule has 6 atom stereocenters. The van der Waals surface area contributed by atoms with Crippen molar-refractivity contribution in [2.24, 2.45) is 39.7 Å². The molecule has 126 valence electrons. The third kappa shape index (κ3) is 1.93. The number of carbonyl (C=O) groups excluding carboxylic acids is 2. The van der Waals surface area contributed by atoms with E-state index in [1.165, 1.54) is 19.3 Å². The smallest absolute Gasteiger partial charge is 0.184 e. The van der Waals surface area contributed by atoms with Crippen LogP contribution < -0.4 is 0 Å². The fourth-order valence-corrected chi connectivity index (χ4v) is 6.69. The molecule has 0 saturated heterocycles. The molecule has 0 aromatic rings. The second-order valence-electron chi connectivity index (χ2n) is 8.97. The summed E-state index contributed by atoms with van der Waals surface area (Å²) in [6.07, 6.45) is 7.69. The summed E-state index contributed by atoms with van der Waals surface area (Å²) in [5.74, 6) is 0.884. The molecule has 0 bridgehead atoms. The Kier molecular flexibility index (Phi) is 3.27. The van der Waals surface area contributed by atoms with Crippen molar-refractivity contribution in [3.63, 3.8) is 0 Å². The topological polar surface area (TPSA) is 66.7 Å². The minimum Gasteiger partial charge on any atom is -0.411 e. The van der Waals surface area contributed by atoms with E-state index in [0.29, 0.717) is 30.4 Å². The third-order valence-corrected chi connectivity index (χ3v) is 8.06. The zero-order valence-corrected chi connectivity index (χ0v) is 14.2. The van der Waals surface area contributed by atoms with E-state index < -0.39 is 0 Å². The number of hydrogen-bond acceptors (Lipinski definition) is 4. The first-order chi connectivity index (χ1) is 10.9. The Labute approximate surface area is 137 Å². The summed E-state index contributed by atoms with van der Waals surface area (Å²) in [5, 5.41) is 13.0. The molecule has 4 nitrogen and oxygen atoms in total. The van der Waals surface area contributed by atoms with E-state index in [9.17, 15) is 14.8 Å². The summed E-state index contributed by atoms with van der Waals surface area (Å²) in [6, 6.07) is 0. The molecule has 4 saturated carbocycles. The van der Waals surface area contributed by atoms with E-state index in [2.05, 4.69) is 19.0 Å². The molecule has 1 N–H and O–H groups in total. The van der Waals surface area contributed by atoms with Crippen LogP contribution in [0, 0.1) is 34.5 Å². The Bertz CT molecular complexity index is 597. The highest BCUT2D eigenvalue weighted by Gasteiger charge is 2.63. The van der Waals surface area contributed by atoms with Crippen molar-refractivity contribution in [1.82, 2.24) is 0 Å². The van der Waals surface area contributed by atoms with Crippen LogP contribution >= 0.6 is 0 Å². The lowest BCUT2D eigenvalue weighted by Crippen LogP contribution is -2.60. The predicted octanol–water partition coefficient (Wildman–Crippen LogP) is 3.61. The van der Waals surface area contributed by atoms with E-state index in [-0.39, 0.29) is 34.2 Å². The second-order valence-corrected chi connectivity index (χ2v) is 8.97. The van der Waals surface area contributed by atoms with Crippen molar-refractivity contribution < 1.29 is 14.8 Å². The first kappa shape index (κ1) is 15.3. The van der Waals surface area contributed by atoms with Crippen LogP contribution in [0.1, 0.15) is 65.2 Å². The molecule has 4 aliphatic carbocycles. The largest absolute Gasteiger partial charge is 0.411 e. The highest BCUT2D eigenvalue weighted by molar-refractivity contribution is 6.42. The Morgan fingerprint density at radius 2 is 1.87 bits per heavy atom. The quantitative estimate of drug-likeness (QED) is 0.548. The lowest BCUT2D eigenvalue weighted by Gasteiger charge is -2.58. The van der Waals surface area contributed by atoms with Gasteiger partial charge in [-0.15, -0.1) is 0 Å². The summed E-state index contributed by atoms with van der Waals surface area (Å²) in [5.41, 5.74) is 0.529. The van der Waals surface area contributed by atoms with E-state index in [0.717, 1.165) is 19.3 Å². The summed E-state index contributed by atoms with van der Waals surface area (Å²) in [4.78, 5) is 25.2. The number of carbonyl (C=O) groups is 2. The summed E-state index contributed by atoms with van der Waals surface area (Å²) in [7, 11) is 0. The zero-order chi connectivity index (χ0) is 16.4. The summed E-state index contributed by atoms with van der Waals surface area (Å²) in [6.45, 7) is 4.60. The van der Waals surface area contributed by atoms with E-state index >= 15 is 0 Å². The molecule has 4 aliphatic rings. The van der Waals surface area contributed by atoms with Crippen LogP contribution in [0.5, 0.6) is 0 Å². The van der Waals surface area contributed by atoms with Gasteiger partial charge in [0.05, 0.1) is 0 Å². The van der Waals surface area contributed by atoms with Gasteiger partial charge < -0.3 is 5.21 Å². The monoisotopic (exact) mass is 317 g/mol. The fraction of sp³-hybridized carbons (Fsp3) is 0.842. The lowest BCUT2D eigenvalue weighted by atomic mass is 9.44. The van der Waals surface area contributed by atoms with Gasteiger partial charge in [0.15, 0.2) is 5.78 Å². The lowest BCUT2D eigenvalue weighted by molar-refractivity contribution is -0.141. The molecule has 0 aromatic carbocycles. The Morgan fingerprint density at radius 1 is 1.09 bits per heavy atom.